The summed E-state index contributed by atoms with van der Waals surface area (Å²) < 4.78 is 26.7. The van der Waals surface area contributed by atoms with E-state index in [1.165, 1.54) is 12.1 Å². The van der Waals surface area contributed by atoms with E-state index in [1.54, 1.807) is 0 Å². The normalized spacial score (nSPS) is 25.2. The van der Waals surface area contributed by atoms with E-state index in [1.807, 2.05) is 0 Å². The monoisotopic (exact) mass is 239 g/mol. The maximum atomic E-state index is 13.4. The van der Waals surface area contributed by atoms with Crippen molar-refractivity contribution in [1.29, 1.82) is 0 Å². The maximum Gasteiger partial charge on any atom is 0.126 e. The fourth-order valence-corrected chi connectivity index (χ4v) is 2.86. The van der Waals surface area contributed by atoms with Crippen molar-refractivity contribution in [3.05, 3.63) is 35.4 Å². The first-order chi connectivity index (χ1) is 7.85. The molecule has 0 bridgehead atoms. The molecular formula is C14H19F2N. The fraction of sp³-hybridized carbons (Fsp3) is 0.571. The first kappa shape index (κ1) is 12.5. The molecule has 1 fully saturated rings. The summed E-state index contributed by atoms with van der Waals surface area (Å²) in [6, 6.07) is 3.83. The second kappa shape index (κ2) is 4.05. The van der Waals surface area contributed by atoms with Crippen molar-refractivity contribution in [2.24, 2.45) is 5.41 Å². The van der Waals surface area contributed by atoms with Crippen molar-refractivity contribution < 1.29 is 8.78 Å². The molecule has 0 aromatic heterocycles. The standard InChI is InChI=1S/C14H19F2N/c1-13(2,3)14(5-4-6-17-14)10-7-11(15)9-12(16)8-10/h7-9,17H,4-6H2,1-3H3. The van der Waals surface area contributed by atoms with Gasteiger partial charge in [-0.3, -0.25) is 0 Å². The van der Waals surface area contributed by atoms with E-state index < -0.39 is 11.6 Å². The molecule has 1 aliphatic rings. The Balaban J connectivity index is 2.53. The van der Waals surface area contributed by atoms with Crippen LogP contribution in [0.25, 0.3) is 0 Å². The highest BCUT2D eigenvalue weighted by atomic mass is 19.1. The van der Waals surface area contributed by atoms with Gasteiger partial charge in [0.05, 0.1) is 0 Å². The van der Waals surface area contributed by atoms with Crippen LogP contribution in [0.2, 0.25) is 0 Å². The van der Waals surface area contributed by atoms with Crippen LogP contribution < -0.4 is 5.32 Å². The lowest BCUT2D eigenvalue weighted by Crippen LogP contribution is -2.48. The largest absolute Gasteiger partial charge is 0.307 e. The smallest absolute Gasteiger partial charge is 0.126 e. The molecule has 94 valence electrons. The topological polar surface area (TPSA) is 12.0 Å². The molecule has 2 rings (SSSR count). The number of hydrogen-bond donors (Lipinski definition) is 1. The van der Waals surface area contributed by atoms with Crippen LogP contribution in [0.15, 0.2) is 18.2 Å². The lowest BCUT2D eigenvalue weighted by atomic mass is 9.68. The van der Waals surface area contributed by atoms with Crippen LogP contribution in [0.4, 0.5) is 8.78 Å². The summed E-state index contributed by atoms with van der Waals surface area (Å²) >= 11 is 0. The highest BCUT2D eigenvalue weighted by Crippen LogP contribution is 2.45. The Labute approximate surface area is 101 Å². The van der Waals surface area contributed by atoms with Gasteiger partial charge in [-0.15, -0.1) is 0 Å². The second-order valence-corrected chi connectivity index (χ2v) is 5.84. The average molecular weight is 239 g/mol. The van der Waals surface area contributed by atoms with Gasteiger partial charge in [-0.25, -0.2) is 8.78 Å². The van der Waals surface area contributed by atoms with E-state index in [-0.39, 0.29) is 11.0 Å². The molecule has 17 heavy (non-hydrogen) atoms. The molecule has 1 N–H and O–H groups in total. The predicted octanol–water partition coefficient (Wildman–Crippen LogP) is 3.59. The molecule has 1 unspecified atom stereocenters. The molecular weight excluding hydrogens is 220 g/mol. The molecule has 0 saturated carbocycles. The highest BCUT2D eigenvalue weighted by Gasteiger charge is 2.45. The summed E-state index contributed by atoms with van der Waals surface area (Å²) in [7, 11) is 0. The minimum atomic E-state index is -0.502. The Morgan fingerprint density at radius 2 is 1.71 bits per heavy atom. The van der Waals surface area contributed by atoms with Crippen LogP contribution in [0, 0.1) is 17.0 Å². The number of benzene rings is 1. The number of hydrogen-bond acceptors (Lipinski definition) is 1. The zero-order valence-corrected chi connectivity index (χ0v) is 10.6. The summed E-state index contributed by atoms with van der Waals surface area (Å²) in [5.74, 6) is -1.00. The van der Waals surface area contributed by atoms with Gasteiger partial charge in [-0.2, -0.15) is 0 Å². The Bertz CT molecular complexity index is 394. The van der Waals surface area contributed by atoms with Gasteiger partial charge in [0.25, 0.3) is 0 Å². The molecule has 1 aliphatic heterocycles. The highest BCUT2D eigenvalue weighted by molar-refractivity contribution is 5.29. The van der Waals surface area contributed by atoms with Crippen molar-refractivity contribution in [1.82, 2.24) is 5.32 Å². The molecule has 1 aromatic carbocycles. The van der Waals surface area contributed by atoms with Crippen LogP contribution in [-0.2, 0) is 5.54 Å². The minimum absolute atomic E-state index is 0.0796. The van der Waals surface area contributed by atoms with Crippen LogP contribution in [0.1, 0.15) is 39.2 Å². The Morgan fingerprint density at radius 1 is 1.12 bits per heavy atom. The van der Waals surface area contributed by atoms with Crippen molar-refractivity contribution >= 4 is 0 Å². The lowest BCUT2D eigenvalue weighted by Gasteiger charge is -2.43. The summed E-state index contributed by atoms with van der Waals surface area (Å²) in [4.78, 5) is 0. The van der Waals surface area contributed by atoms with Gasteiger partial charge >= 0.3 is 0 Å². The van der Waals surface area contributed by atoms with Gasteiger partial charge < -0.3 is 5.32 Å². The Kier molecular flexibility index (Phi) is 2.98. The van der Waals surface area contributed by atoms with Gasteiger partial charge in [0, 0.05) is 11.6 Å². The molecule has 0 amide bonds. The first-order valence-corrected chi connectivity index (χ1v) is 6.07. The van der Waals surface area contributed by atoms with Gasteiger partial charge in [-0.05, 0) is 42.5 Å². The van der Waals surface area contributed by atoms with Crippen LogP contribution in [0.5, 0.6) is 0 Å². The van der Waals surface area contributed by atoms with Gasteiger partial charge in [0.15, 0.2) is 0 Å². The van der Waals surface area contributed by atoms with Crippen LogP contribution >= 0.6 is 0 Å². The minimum Gasteiger partial charge on any atom is -0.307 e. The van der Waals surface area contributed by atoms with Crippen molar-refractivity contribution in [2.75, 3.05) is 6.54 Å². The summed E-state index contributed by atoms with van der Waals surface area (Å²) in [5.41, 5.74) is 0.319. The lowest BCUT2D eigenvalue weighted by molar-refractivity contribution is 0.160. The van der Waals surface area contributed by atoms with E-state index in [0.29, 0.717) is 0 Å². The Hall–Kier alpha value is -0.960. The first-order valence-electron chi connectivity index (χ1n) is 6.07. The zero-order chi connectivity index (χ0) is 12.7. The second-order valence-electron chi connectivity index (χ2n) is 5.84. The third-order valence-electron chi connectivity index (χ3n) is 3.79. The number of halogens is 2. The molecule has 3 heteroatoms. The molecule has 1 saturated heterocycles. The maximum absolute atomic E-state index is 13.4. The Morgan fingerprint density at radius 3 is 2.12 bits per heavy atom. The van der Waals surface area contributed by atoms with Gasteiger partial charge in [0.2, 0.25) is 0 Å². The number of rotatable bonds is 1. The van der Waals surface area contributed by atoms with Crippen molar-refractivity contribution in [2.45, 2.75) is 39.2 Å². The quantitative estimate of drug-likeness (QED) is 0.789. The molecule has 1 atom stereocenters. The molecule has 1 heterocycles. The summed E-state index contributed by atoms with van der Waals surface area (Å²) in [6.07, 6.45) is 1.95. The third-order valence-corrected chi connectivity index (χ3v) is 3.79. The van der Waals surface area contributed by atoms with Crippen LogP contribution in [-0.4, -0.2) is 6.54 Å². The summed E-state index contributed by atoms with van der Waals surface area (Å²) in [6.45, 7) is 7.21. The van der Waals surface area contributed by atoms with E-state index in [4.69, 9.17) is 0 Å². The van der Waals surface area contributed by atoms with Gasteiger partial charge in [-0.1, -0.05) is 20.8 Å². The molecule has 1 aromatic rings. The fourth-order valence-electron chi connectivity index (χ4n) is 2.86. The summed E-state index contributed by atoms with van der Waals surface area (Å²) in [5, 5.41) is 3.45. The van der Waals surface area contributed by atoms with Crippen LogP contribution in [0.3, 0.4) is 0 Å². The molecule has 0 aliphatic carbocycles. The average Bonchev–Trinajstić information content (AvgIpc) is 2.64. The molecule has 0 spiro atoms. The molecule has 1 nitrogen and oxygen atoms in total. The van der Waals surface area contributed by atoms with E-state index in [9.17, 15) is 8.78 Å². The number of nitrogens with one attached hydrogen (secondary N) is 1. The SMILES string of the molecule is CC(C)(C)C1(c2cc(F)cc(F)c2)CCCN1. The van der Waals surface area contributed by atoms with Crippen molar-refractivity contribution in [3.63, 3.8) is 0 Å². The van der Waals surface area contributed by atoms with Crippen molar-refractivity contribution in [3.8, 4) is 0 Å². The molecule has 0 radical (unpaired) electrons. The van der Waals surface area contributed by atoms with E-state index in [2.05, 4.69) is 26.1 Å². The van der Waals surface area contributed by atoms with Gasteiger partial charge in [0.1, 0.15) is 11.6 Å². The zero-order valence-electron chi connectivity index (χ0n) is 10.6. The predicted molar refractivity (Wildman–Crippen MR) is 64.7 cm³/mol. The van der Waals surface area contributed by atoms with E-state index in [0.717, 1.165) is 31.0 Å². The van der Waals surface area contributed by atoms with E-state index >= 15 is 0 Å². The third kappa shape index (κ3) is 2.08.